The lowest BCUT2D eigenvalue weighted by molar-refractivity contribution is 0.700. The van der Waals surface area contributed by atoms with Crippen molar-refractivity contribution in [2.24, 2.45) is 0 Å². The van der Waals surface area contributed by atoms with Crippen molar-refractivity contribution in [3.05, 3.63) is 11.6 Å². The summed E-state index contributed by atoms with van der Waals surface area (Å²) in [5.74, 6) is 0.351. The molecule has 1 unspecified atom stereocenters. The molecule has 0 amide bonds. The topological polar surface area (TPSA) is 0 Å². The Balaban J connectivity index is 2.50. The van der Waals surface area contributed by atoms with Crippen LogP contribution < -0.4 is 0 Å². The molecule has 0 spiro atoms. The number of rotatable bonds is 0. The van der Waals surface area contributed by atoms with Crippen LogP contribution >= 0.6 is 0 Å². The summed E-state index contributed by atoms with van der Waals surface area (Å²) >= 11 is 0. The number of hydrogen-bond acceptors (Lipinski definition) is 0. The first-order valence-electron chi connectivity index (χ1n) is 3.22. The van der Waals surface area contributed by atoms with E-state index in [1.165, 1.54) is 24.8 Å². The molecule has 1 heteroatoms. The quantitative estimate of drug-likeness (QED) is 0.327. The van der Waals surface area contributed by atoms with Crippen LogP contribution in [0.1, 0.15) is 26.2 Å². The third-order valence-electron chi connectivity index (χ3n) is 1.61. The average Bonchev–Trinajstić information content (AvgIpc) is 1.64. The Morgan fingerprint density at radius 2 is 2.50 bits per heavy atom. The van der Waals surface area contributed by atoms with Crippen LogP contribution in [0.2, 0.25) is 5.82 Å². The van der Waals surface area contributed by atoms with E-state index in [0.717, 1.165) is 0 Å². The maximum absolute atomic E-state index is 5.65. The zero-order valence-electron chi connectivity index (χ0n) is 5.35. The third-order valence-corrected chi connectivity index (χ3v) is 1.61. The van der Waals surface area contributed by atoms with Crippen molar-refractivity contribution >= 4 is 7.85 Å². The van der Waals surface area contributed by atoms with Crippen LogP contribution in [-0.4, -0.2) is 7.85 Å². The normalized spacial score (nSPS) is 29.6. The van der Waals surface area contributed by atoms with E-state index >= 15 is 0 Å². The van der Waals surface area contributed by atoms with Crippen molar-refractivity contribution in [3.63, 3.8) is 0 Å². The highest BCUT2D eigenvalue weighted by Crippen LogP contribution is 2.23. The van der Waals surface area contributed by atoms with Crippen molar-refractivity contribution < 1.29 is 0 Å². The Kier molecular flexibility index (Phi) is 1.77. The highest BCUT2D eigenvalue weighted by Gasteiger charge is 2.03. The van der Waals surface area contributed by atoms with Gasteiger partial charge in [-0.05, 0) is 19.8 Å². The molecule has 0 aromatic rings. The van der Waals surface area contributed by atoms with Crippen molar-refractivity contribution in [1.29, 1.82) is 0 Å². The predicted molar refractivity (Wildman–Crippen MR) is 37.1 cm³/mol. The van der Waals surface area contributed by atoms with E-state index in [1.807, 2.05) is 0 Å². The van der Waals surface area contributed by atoms with E-state index in [9.17, 15) is 0 Å². The molecule has 0 aliphatic heterocycles. The Bertz CT molecular complexity index is 105. The summed E-state index contributed by atoms with van der Waals surface area (Å²) in [5.41, 5.74) is 1.46. The molecule has 1 aliphatic rings. The maximum Gasteiger partial charge on any atom is 0.0755 e. The van der Waals surface area contributed by atoms with Crippen LogP contribution in [0.25, 0.3) is 0 Å². The summed E-state index contributed by atoms with van der Waals surface area (Å²) in [6.45, 7) is 2.15. The lowest BCUT2D eigenvalue weighted by Gasteiger charge is -2.14. The molecule has 0 nitrogen and oxygen atoms in total. The van der Waals surface area contributed by atoms with Crippen LogP contribution in [0.4, 0.5) is 0 Å². The first kappa shape index (κ1) is 5.93. The first-order valence-corrected chi connectivity index (χ1v) is 3.22. The van der Waals surface area contributed by atoms with Gasteiger partial charge >= 0.3 is 0 Å². The van der Waals surface area contributed by atoms with Crippen LogP contribution in [0.5, 0.6) is 0 Å². The zero-order valence-corrected chi connectivity index (χ0v) is 5.35. The minimum Gasteiger partial charge on any atom is -0.0912 e. The van der Waals surface area contributed by atoms with Gasteiger partial charge in [-0.25, -0.2) is 0 Å². The zero-order chi connectivity index (χ0) is 5.98. The molecule has 0 saturated heterocycles. The van der Waals surface area contributed by atoms with Gasteiger partial charge in [-0.3, -0.25) is 0 Å². The molecular weight excluding hydrogens is 94.9 g/mol. The van der Waals surface area contributed by atoms with E-state index in [-0.39, 0.29) is 0 Å². The van der Waals surface area contributed by atoms with E-state index in [0.29, 0.717) is 5.82 Å². The molecular formula is C7H11B. The van der Waals surface area contributed by atoms with Crippen molar-refractivity contribution in [2.45, 2.75) is 32.0 Å². The van der Waals surface area contributed by atoms with Crippen LogP contribution in [0.3, 0.4) is 0 Å². The lowest BCUT2D eigenvalue weighted by Crippen LogP contribution is -1.96. The third kappa shape index (κ3) is 1.39. The molecule has 8 heavy (non-hydrogen) atoms. The van der Waals surface area contributed by atoms with Gasteiger partial charge in [0.25, 0.3) is 0 Å². The molecule has 0 saturated carbocycles. The second kappa shape index (κ2) is 2.39. The number of hydrogen-bond donors (Lipinski definition) is 0. The monoisotopic (exact) mass is 106 g/mol. The summed E-state index contributed by atoms with van der Waals surface area (Å²) in [7, 11) is 5.65. The molecule has 1 aliphatic carbocycles. The van der Waals surface area contributed by atoms with Gasteiger partial charge in [0.2, 0.25) is 0 Å². The predicted octanol–water partition coefficient (Wildman–Crippen LogP) is 2.07. The van der Waals surface area contributed by atoms with Gasteiger partial charge in [0, 0.05) is 0 Å². The molecule has 1 atom stereocenters. The van der Waals surface area contributed by atoms with E-state index in [4.69, 9.17) is 7.85 Å². The smallest absolute Gasteiger partial charge is 0.0755 e. The molecule has 0 aromatic heterocycles. The van der Waals surface area contributed by atoms with Gasteiger partial charge < -0.3 is 0 Å². The van der Waals surface area contributed by atoms with E-state index in [2.05, 4.69) is 13.0 Å². The lowest BCUT2D eigenvalue weighted by atomic mass is 9.78. The van der Waals surface area contributed by atoms with Crippen LogP contribution in [0, 0.1) is 0 Å². The molecule has 1 rings (SSSR count). The summed E-state index contributed by atoms with van der Waals surface area (Å²) in [6.07, 6.45) is 5.89. The van der Waals surface area contributed by atoms with Gasteiger partial charge in [0.15, 0.2) is 0 Å². The first-order chi connectivity index (χ1) is 3.79. The molecule has 0 aromatic carbocycles. The minimum absolute atomic E-state index is 0.351. The Morgan fingerprint density at radius 1 is 1.75 bits per heavy atom. The van der Waals surface area contributed by atoms with Gasteiger partial charge in [0.05, 0.1) is 7.85 Å². The molecule has 0 N–H and O–H groups in total. The molecule has 0 bridgehead atoms. The molecule has 0 fully saturated rings. The van der Waals surface area contributed by atoms with Crippen molar-refractivity contribution in [2.75, 3.05) is 0 Å². The summed E-state index contributed by atoms with van der Waals surface area (Å²) in [6, 6.07) is 0. The maximum atomic E-state index is 5.65. The molecule has 2 radical (unpaired) electrons. The fourth-order valence-electron chi connectivity index (χ4n) is 1.15. The minimum atomic E-state index is 0.351. The van der Waals surface area contributed by atoms with Gasteiger partial charge in [-0.2, -0.15) is 0 Å². The van der Waals surface area contributed by atoms with E-state index in [1.54, 1.807) is 0 Å². The van der Waals surface area contributed by atoms with Gasteiger partial charge in [-0.1, -0.05) is 23.9 Å². The summed E-state index contributed by atoms with van der Waals surface area (Å²) < 4.78 is 0. The summed E-state index contributed by atoms with van der Waals surface area (Å²) in [5, 5.41) is 0. The second-order valence-electron chi connectivity index (χ2n) is 2.57. The average molecular weight is 106 g/mol. The Labute approximate surface area is 52.4 Å². The van der Waals surface area contributed by atoms with Crippen LogP contribution in [0.15, 0.2) is 11.6 Å². The fraction of sp³-hybridized carbons (Fsp3) is 0.714. The highest BCUT2D eigenvalue weighted by atomic mass is 14.1. The Hall–Kier alpha value is -0.195. The molecule has 0 heterocycles. The van der Waals surface area contributed by atoms with Crippen LogP contribution in [-0.2, 0) is 0 Å². The Morgan fingerprint density at radius 3 is 2.88 bits per heavy atom. The molecule has 42 valence electrons. The fourth-order valence-corrected chi connectivity index (χ4v) is 1.15. The second-order valence-corrected chi connectivity index (χ2v) is 2.57. The SMILES string of the molecule is [B]C1C=C(C)CCC1. The highest BCUT2D eigenvalue weighted by molar-refractivity contribution is 6.13. The van der Waals surface area contributed by atoms with Crippen molar-refractivity contribution in [1.82, 2.24) is 0 Å². The van der Waals surface area contributed by atoms with Gasteiger partial charge in [-0.15, -0.1) is 0 Å². The van der Waals surface area contributed by atoms with E-state index < -0.39 is 0 Å². The summed E-state index contributed by atoms with van der Waals surface area (Å²) in [4.78, 5) is 0. The largest absolute Gasteiger partial charge is 0.0912 e. The van der Waals surface area contributed by atoms with Crippen molar-refractivity contribution in [3.8, 4) is 0 Å². The standard InChI is InChI=1S/C7H11B/c1-6-3-2-4-7(8)5-6/h5,7H,2-4H2,1H3. The van der Waals surface area contributed by atoms with Gasteiger partial charge in [0.1, 0.15) is 0 Å². The number of allylic oxidation sites excluding steroid dienone is 2.